The fourth-order valence-electron chi connectivity index (χ4n) is 1.89. The Hall–Kier alpha value is -1.88. The van der Waals surface area contributed by atoms with Crippen LogP contribution in [0.3, 0.4) is 0 Å². The van der Waals surface area contributed by atoms with Crippen LogP contribution in [0.2, 0.25) is 0 Å². The number of hydrogen-bond acceptors (Lipinski definition) is 3. The number of carbonyl (C=O) groups excluding carboxylic acids is 2. The zero-order valence-electron chi connectivity index (χ0n) is 11.9. The summed E-state index contributed by atoms with van der Waals surface area (Å²) < 4.78 is 0. The Balaban J connectivity index is 2.64. The van der Waals surface area contributed by atoms with Crippen LogP contribution in [0.5, 0.6) is 0 Å². The number of aliphatic hydroxyl groups is 1. The van der Waals surface area contributed by atoms with E-state index in [2.05, 4.69) is 5.32 Å². The highest BCUT2D eigenvalue weighted by atomic mass is 16.3. The molecule has 0 heterocycles. The monoisotopic (exact) mass is 278 g/mol. The van der Waals surface area contributed by atoms with Crippen LogP contribution < -0.4 is 11.1 Å². The van der Waals surface area contributed by atoms with Crippen LogP contribution in [-0.4, -0.2) is 29.1 Å². The van der Waals surface area contributed by atoms with Gasteiger partial charge in [-0.05, 0) is 17.9 Å². The van der Waals surface area contributed by atoms with Crippen molar-refractivity contribution < 1.29 is 14.7 Å². The molecule has 0 spiro atoms. The van der Waals surface area contributed by atoms with Crippen molar-refractivity contribution in [2.75, 3.05) is 0 Å². The number of nitrogens with one attached hydrogen (secondary N) is 1. The average Bonchev–Trinajstić information content (AvgIpc) is 2.38. The molecule has 4 N–H and O–H groups in total. The summed E-state index contributed by atoms with van der Waals surface area (Å²) in [5, 5.41) is 12.2. The number of benzene rings is 1. The van der Waals surface area contributed by atoms with Crippen LogP contribution in [0.4, 0.5) is 0 Å². The van der Waals surface area contributed by atoms with Crippen LogP contribution in [-0.2, 0) is 16.0 Å². The zero-order valence-corrected chi connectivity index (χ0v) is 11.9. The summed E-state index contributed by atoms with van der Waals surface area (Å²) in [5.74, 6) is -0.978. The predicted octanol–water partition coefficient (Wildman–Crippen LogP) is 0.606. The van der Waals surface area contributed by atoms with E-state index in [1.165, 1.54) is 0 Å². The number of primary amides is 1. The van der Waals surface area contributed by atoms with Gasteiger partial charge in [0.1, 0.15) is 12.1 Å². The van der Waals surface area contributed by atoms with Gasteiger partial charge in [-0.2, -0.15) is 0 Å². The lowest BCUT2D eigenvalue weighted by atomic mass is 10.0. The lowest BCUT2D eigenvalue weighted by molar-refractivity contribution is -0.133. The average molecular weight is 278 g/mol. The first-order valence-electron chi connectivity index (χ1n) is 6.71. The first-order valence-corrected chi connectivity index (χ1v) is 6.71. The summed E-state index contributed by atoms with van der Waals surface area (Å²) in [6.07, 6.45) is -0.452. The van der Waals surface area contributed by atoms with Crippen molar-refractivity contribution >= 4 is 11.8 Å². The van der Waals surface area contributed by atoms with Crippen LogP contribution >= 0.6 is 0 Å². The van der Waals surface area contributed by atoms with Crippen molar-refractivity contribution in [3.63, 3.8) is 0 Å². The number of nitrogens with two attached hydrogens (primary N) is 1. The fourth-order valence-corrected chi connectivity index (χ4v) is 1.89. The Labute approximate surface area is 119 Å². The number of rotatable bonds is 7. The first kappa shape index (κ1) is 16.2. The molecule has 0 aliphatic carbocycles. The van der Waals surface area contributed by atoms with E-state index in [-0.39, 0.29) is 5.92 Å². The van der Waals surface area contributed by atoms with Crippen molar-refractivity contribution in [2.24, 2.45) is 11.7 Å². The van der Waals surface area contributed by atoms with Gasteiger partial charge in [-0.1, -0.05) is 44.2 Å². The largest absolute Gasteiger partial charge is 0.383 e. The molecule has 0 saturated carbocycles. The number of aliphatic hydroxyl groups excluding tert-OH is 1. The molecule has 20 heavy (non-hydrogen) atoms. The molecule has 2 amide bonds. The lowest BCUT2D eigenvalue weighted by Gasteiger charge is -2.19. The Bertz CT molecular complexity index is 446. The molecule has 0 radical (unpaired) electrons. The summed E-state index contributed by atoms with van der Waals surface area (Å²) in [7, 11) is 0. The van der Waals surface area contributed by atoms with Crippen molar-refractivity contribution in [2.45, 2.75) is 38.8 Å². The van der Waals surface area contributed by atoms with Gasteiger partial charge >= 0.3 is 0 Å². The molecular formula is C15H22N2O3. The maximum absolute atomic E-state index is 11.8. The summed E-state index contributed by atoms with van der Waals surface area (Å²) in [4.78, 5) is 23.2. The molecule has 0 aromatic heterocycles. The van der Waals surface area contributed by atoms with E-state index in [0.29, 0.717) is 12.8 Å². The van der Waals surface area contributed by atoms with Gasteiger partial charge in [0.15, 0.2) is 0 Å². The summed E-state index contributed by atoms with van der Waals surface area (Å²) in [6.45, 7) is 3.82. The molecule has 0 bridgehead atoms. The van der Waals surface area contributed by atoms with Gasteiger partial charge in [-0.3, -0.25) is 9.59 Å². The minimum Gasteiger partial charge on any atom is -0.383 e. The van der Waals surface area contributed by atoms with Gasteiger partial charge < -0.3 is 16.2 Å². The molecule has 1 rings (SSSR count). The van der Waals surface area contributed by atoms with Crippen molar-refractivity contribution in [1.29, 1.82) is 0 Å². The number of amides is 2. The molecule has 0 fully saturated rings. The topological polar surface area (TPSA) is 92.4 Å². The molecule has 0 saturated heterocycles. The SMILES string of the molecule is CC(C)C[C@H](O)C(=O)N[C@H](Cc1ccccc1)C(N)=O. The van der Waals surface area contributed by atoms with Crippen molar-refractivity contribution in [3.8, 4) is 0 Å². The van der Waals surface area contributed by atoms with E-state index in [1.54, 1.807) is 0 Å². The summed E-state index contributed by atoms with van der Waals surface area (Å²) in [5.41, 5.74) is 6.20. The zero-order chi connectivity index (χ0) is 15.1. The second-order valence-corrected chi connectivity index (χ2v) is 5.30. The van der Waals surface area contributed by atoms with Gasteiger partial charge in [-0.15, -0.1) is 0 Å². The molecule has 5 heteroatoms. The third-order valence-electron chi connectivity index (χ3n) is 2.94. The molecular weight excluding hydrogens is 256 g/mol. The highest BCUT2D eigenvalue weighted by molar-refractivity contribution is 5.88. The Morgan fingerprint density at radius 1 is 1.25 bits per heavy atom. The Kier molecular flexibility index (Phi) is 6.18. The van der Waals surface area contributed by atoms with E-state index in [1.807, 2.05) is 44.2 Å². The van der Waals surface area contributed by atoms with E-state index in [4.69, 9.17) is 5.73 Å². The number of hydrogen-bond donors (Lipinski definition) is 3. The van der Waals surface area contributed by atoms with E-state index in [0.717, 1.165) is 5.56 Å². The van der Waals surface area contributed by atoms with Crippen molar-refractivity contribution in [3.05, 3.63) is 35.9 Å². The maximum Gasteiger partial charge on any atom is 0.249 e. The lowest BCUT2D eigenvalue weighted by Crippen LogP contribution is -2.49. The Morgan fingerprint density at radius 2 is 1.85 bits per heavy atom. The highest BCUT2D eigenvalue weighted by Gasteiger charge is 2.23. The van der Waals surface area contributed by atoms with Crippen LogP contribution in [0.25, 0.3) is 0 Å². The molecule has 1 aromatic carbocycles. The van der Waals surface area contributed by atoms with Gasteiger partial charge in [0, 0.05) is 6.42 Å². The van der Waals surface area contributed by atoms with Crippen molar-refractivity contribution in [1.82, 2.24) is 5.32 Å². The molecule has 5 nitrogen and oxygen atoms in total. The van der Waals surface area contributed by atoms with Crippen LogP contribution in [0.15, 0.2) is 30.3 Å². The molecule has 0 aliphatic heterocycles. The molecule has 0 unspecified atom stereocenters. The molecule has 110 valence electrons. The smallest absolute Gasteiger partial charge is 0.249 e. The third kappa shape index (κ3) is 5.40. The Morgan fingerprint density at radius 3 is 2.35 bits per heavy atom. The summed E-state index contributed by atoms with van der Waals surface area (Å²) >= 11 is 0. The molecule has 0 aliphatic rings. The standard InChI is InChI=1S/C15H22N2O3/c1-10(2)8-13(18)15(20)17-12(14(16)19)9-11-6-4-3-5-7-11/h3-7,10,12-13,18H,8-9H2,1-2H3,(H2,16,19)(H,17,20)/t12-,13+/m1/s1. The van der Waals surface area contributed by atoms with E-state index < -0.39 is 24.0 Å². The summed E-state index contributed by atoms with van der Waals surface area (Å²) in [6, 6.07) is 8.46. The maximum atomic E-state index is 11.8. The second-order valence-electron chi connectivity index (χ2n) is 5.30. The number of carbonyl (C=O) groups is 2. The van der Waals surface area contributed by atoms with Crippen LogP contribution in [0.1, 0.15) is 25.8 Å². The minimum atomic E-state index is -1.12. The molecule has 2 atom stereocenters. The van der Waals surface area contributed by atoms with E-state index >= 15 is 0 Å². The van der Waals surface area contributed by atoms with Crippen LogP contribution in [0, 0.1) is 5.92 Å². The van der Waals surface area contributed by atoms with Gasteiger partial charge in [0.25, 0.3) is 0 Å². The first-order chi connectivity index (χ1) is 9.40. The molecule has 1 aromatic rings. The second kappa shape index (κ2) is 7.65. The third-order valence-corrected chi connectivity index (χ3v) is 2.94. The highest BCUT2D eigenvalue weighted by Crippen LogP contribution is 2.07. The van der Waals surface area contributed by atoms with Gasteiger partial charge in [0.2, 0.25) is 11.8 Å². The minimum absolute atomic E-state index is 0.192. The van der Waals surface area contributed by atoms with Gasteiger partial charge in [-0.25, -0.2) is 0 Å². The predicted molar refractivity (Wildman–Crippen MR) is 76.7 cm³/mol. The normalized spacial score (nSPS) is 13.8. The van der Waals surface area contributed by atoms with E-state index in [9.17, 15) is 14.7 Å². The quantitative estimate of drug-likeness (QED) is 0.682. The van der Waals surface area contributed by atoms with Gasteiger partial charge in [0.05, 0.1) is 0 Å². The fraction of sp³-hybridized carbons (Fsp3) is 0.467.